The molecule has 14 heteroatoms. The van der Waals surface area contributed by atoms with Gasteiger partial charge in [-0.2, -0.15) is 0 Å². The first-order valence-corrected chi connectivity index (χ1v) is 22.1. The maximum absolute atomic E-state index is 13.8. The zero-order valence-electron chi connectivity index (χ0n) is 37.8. The van der Waals surface area contributed by atoms with Crippen molar-refractivity contribution in [3.8, 4) is 0 Å². The molecule has 0 spiro atoms. The van der Waals surface area contributed by atoms with E-state index in [1.54, 1.807) is 79.6 Å². The molecular formula is C56H44F2N10O2. The number of anilines is 10. The van der Waals surface area contributed by atoms with E-state index in [9.17, 15) is 18.4 Å². The van der Waals surface area contributed by atoms with Crippen LogP contribution in [0.15, 0.2) is 195 Å². The molecule has 0 aliphatic heterocycles. The summed E-state index contributed by atoms with van der Waals surface area (Å²) in [6.45, 7) is 3.87. The number of rotatable bonds is 12. The normalized spacial score (nSPS) is 10.7. The average Bonchev–Trinajstić information content (AvgIpc) is 3.36. The second-order valence-electron chi connectivity index (χ2n) is 16.2. The van der Waals surface area contributed by atoms with Gasteiger partial charge in [0.1, 0.15) is 11.6 Å². The van der Waals surface area contributed by atoms with Crippen molar-refractivity contribution in [1.82, 2.24) is 19.9 Å². The molecule has 70 heavy (non-hydrogen) atoms. The van der Waals surface area contributed by atoms with Crippen LogP contribution in [0.1, 0.15) is 31.8 Å². The topological polar surface area (TPSA) is 158 Å². The Kier molecular flexibility index (Phi) is 13.6. The number of amides is 2. The lowest BCUT2D eigenvalue weighted by molar-refractivity contribution is 0.101. The number of halogens is 2. The molecule has 0 unspecified atom stereocenters. The second-order valence-corrected chi connectivity index (χ2v) is 16.2. The number of fused-ring (bicyclic) bond motifs is 2. The van der Waals surface area contributed by atoms with Gasteiger partial charge >= 0.3 is 0 Å². The Labute approximate surface area is 401 Å². The van der Waals surface area contributed by atoms with Crippen LogP contribution in [0.3, 0.4) is 0 Å². The first-order chi connectivity index (χ1) is 34.1. The lowest BCUT2D eigenvalue weighted by atomic mass is 10.1. The van der Waals surface area contributed by atoms with Crippen molar-refractivity contribution < 1.29 is 18.4 Å². The number of hydrogen-bond acceptors (Lipinski definition) is 10. The van der Waals surface area contributed by atoms with Crippen molar-refractivity contribution in [2.24, 2.45) is 0 Å². The Morgan fingerprint density at radius 3 is 1.47 bits per heavy atom. The zero-order chi connectivity index (χ0) is 48.4. The molecule has 0 saturated heterocycles. The molecule has 0 aliphatic rings. The molecule has 0 bridgehead atoms. The summed E-state index contributed by atoms with van der Waals surface area (Å²) < 4.78 is 27.7. The van der Waals surface area contributed by atoms with Gasteiger partial charge in [0.25, 0.3) is 11.8 Å². The van der Waals surface area contributed by atoms with E-state index in [0.29, 0.717) is 55.7 Å². The summed E-state index contributed by atoms with van der Waals surface area (Å²) in [6, 6.07) is 45.9. The van der Waals surface area contributed by atoms with Crippen LogP contribution in [0.2, 0.25) is 0 Å². The molecule has 6 aromatic carbocycles. The van der Waals surface area contributed by atoms with Crippen molar-refractivity contribution in [3.63, 3.8) is 0 Å². The van der Waals surface area contributed by atoms with Gasteiger partial charge < -0.3 is 31.9 Å². The maximum atomic E-state index is 13.8. The molecule has 10 rings (SSSR count). The Bertz CT molecular complexity index is 3510. The van der Waals surface area contributed by atoms with E-state index in [-0.39, 0.29) is 23.4 Å². The summed E-state index contributed by atoms with van der Waals surface area (Å²) in [4.78, 5) is 42.7. The fraction of sp³-hybridized carbons (Fsp3) is 0.0357. The van der Waals surface area contributed by atoms with Gasteiger partial charge in [-0.05, 0) is 165 Å². The molecule has 344 valence electrons. The summed E-state index contributed by atoms with van der Waals surface area (Å²) in [7, 11) is 0. The van der Waals surface area contributed by atoms with Gasteiger partial charge in [-0.15, -0.1) is 0 Å². The standard InChI is InChI=1S/2C28H22FN5O/c1-18-13-19(15-24(14-18)33-27-9-12-31-26-6-5-20(29)16-25(26)27)28(35)34-23-4-2-3-22(17-23)32-21-7-10-30-11-8-21;1-18-5-6-19(15-27(18)34-26-11-14-31-25-8-7-20(29)16-24(25)26)28(35)33-23-4-2-3-22(17-23)32-21-9-12-30-13-10-21/h2-17H,1H3,(H,30,32)(H,31,33)(H,34,35);2-17H,1H3,(H,30,32)(H,31,34)(H,33,35). The number of pyridine rings is 4. The largest absolute Gasteiger partial charge is 0.355 e. The van der Waals surface area contributed by atoms with E-state index in [1.807, 2.05) is 105 Å². The molecule has 0 atom stereocenters. The fourth-order valence-electron chi connectivity index (χ4n) is 7.60. The van der Waals surface area contributed by atoms with Crippen molar-refractivity contribution in [2.45, 2.75) is 13.8 Å². The molecule has 4 aromatic heterocycles. The molecule has 2 amide bonds. The minimum Gasteiger partial charge on any atom is -0.355 e. The minimum atomic E-state index is -0.335. The summed E-state index contributed by atoms with van der Waals surface area (Å²) >= 11 is 0. The average molecular weight is 927 g/mol. The Hall–Kier alpha value is -9.56. The second kappa shape index (κ2) is 20.9. The number of aromatic nitrogens is 4. The number of benzene rings is 6. The van der Waals surface area contributed by atoms with Gasteiger partial charge in [0, 0.05) is 116 Å². The van der Waals surface area contributed by atoms with E-state index in [4.69, 9.17) is 0 Å². The molecule has 12 nitrogen and oxygen atoms in total. The van der Waals surface area contributed by atoms with Gasteiger partial charge in [-0.25, -0.2) is 8.78 Å². The third-order valence-electron chi connectivity index (χ3n) is 11.0. The Morgan fingerprint density at radius 2 is 0.914 bits per heavy atom. The maximum Gasteiger partial charge on any atom is 0.255 e. The molecule has 6 N–H and O–H groups in total. The van der Waals surface area contributed by atoms with Crippen molar-refractivity contribution in [2.75, 3.05) is 31.9 Å². The molecule has 10 aromatic rings. The zero-order valence-corrected chi connectivity index (χ0v) is 37.8. The van der Waals surface area contributed by atoms with Crippen LogP contribution >= 0.6 is 0 Å². The smallest absolute Gasteiger partial charge is 0.255 e. The number of hydrogen-bond donors (Lipinski definition) is 6. The van der Waals surface area contributed by atoms with Crippen LogP contribution in [0.4, 0.5) is 65.7 Å². The SMILES string of the molecule is Cc1cc(Nc2ccnc3ccc(F)cc23)cc(C(=O)Nc2cccc(Nc3ccncc3)c2)c1.Cc1ccc(C(=O)Nc2cccc(Nc3ccncc3)c2)cc1Nc1ccnc2ccc(F)cc12. The number of carbonyl (C=O) groups excluding carboxylic acids is 2. The number of nitrogens with zero attached hydrogens (tertiary/aromatic N) is 4. The fourth-order valence-corrected chi connectivity index (χ4v) is 7.60. The molecule has 4 heterocycles. The van der Waals surface area contributed by atoms with Gasteiger partial charge in [-0.1, -0.05) is 18.2 Å². The highest BCUT2D eigenvalue weighted by atomic mass is 19.1. The van der Waals surface area contributed by atoms with Crippen LogP contribution in [0.25, 0.3) is 21.8 Å². The van der Waals surface area contributed by atoms with Crippen LogP contribution < -0.4 is 31.9 Å². The van der Waals surface area contributed by atoms with Crippen molar-refractivity contribution in [3.05, 3.63) is 229 Å². The van der Waals surface area contributed by atoms with E-state index in [1.165, 1.54) is 24.3 Å². The van der Waals surface area contributed by atoms with Crippen LogP contribution in [0, 0.1) is 25.5 Å². The van der Waals surface area contributed by atoms with Crippen molar-refractivity contribution >= 4 is 90.5 Å². The highest BCUT2D eigenvalue weighted by molar-refractivity contribution is 6.06. The van der Waals surface area contributed by atoms with Gasteiger partial charge in [-0.3, -0.25) is 29.5 Å². The minimum absolute atomic E-state index is 0.233. The van der Waals surface area contributed by atoms with Gasteiger partial charge in [0.2, 0.25) is 0 Å². The Morgan fingerprint density at radius 1 is 0.400 bits per heavy atom. The van der Waals surface area contributed by atoms with Crippen LogP contribution in [-0.4, -0.2) is 31.8 Å². The quantitative estimate of drug-likeness (QED) is 0.0697. The van der Waals surface area contributed by atoms with Crippen molar-refractivity contribution in [1.29, 1.82) is 0 Å². The molecule has 0 aliphatic carbocycles. The summed E-state index contributed by atoms with van der Waals surface area (Å²) in [5.74, 6) is -1.14. The first kappa shape index (κ1) is 45.6. The van der Waals surface area contributed by atoms with Gasteiger partial charge in [0.05, 0.1) is 11.0 Å². The van der Waals surface area contributed by atoms with Crippen LogP contribution in [0.5, 0.6) is 0 Å². The Balaban J connectivity index is 0.000000174. The van der Waals surface area contributed by atoms with E-state index in [2.05, 4.69) is 51.8 Å². The van der Waals surface area contributed by atoms with Crippen LogP contribution in [-0.2, 0) is 0 Å². The monoisotopic (exact) mass is 926 g/mol. The third-order valence-corrected chi connectivity index (χ3v) is 11.0. The summed E-state index contributed by atoms with van der Waals surface area (Å²) in [5.41, 5.74) is 12.0. The summed E-state index contributed by atoms with van der Waals surface area (Å²) in [5, 5.41) is 20.5. The van der Waals surface area contributed by atoms with E-state index < -0.39 is 0 Å². The molecular weight excluding hydrogens is 883 g/mol. The predicted octanol–water partition coefficient (Wildman–Crippen LogP) is 13.6. The van der Waals surface area contributed by atoms with E-state index >= 15 is 0 Å². The molecule has 0 radical (unpaired) electrons. The highest BCUT2D eigenvalue weighted by Crippen LogP contribution is 2.30. The van der Waals surface area contributed by atoms with E-state index in [0.717, 1.165) is 45.3 Å². The molecule has 0 fully saturated rings. The number of nitrogens with one attached hydrogen (secondary N) is 6. The predicted molar refractivity (Wildman–Crippen MR) is 276 cm³/mol. The lowest BCUT2D eigenvalue weighted by Crippen LogP contribution is -2.12. The van der Waals surface area contributed by atoms with Gasteiger partial charge in [0.15, 0.2) is 0 Å². The number of carbonyl (C=O) groups is 2. The summed E-state index contributed by atoms with van der Waals surface area (Å²) in [6.07, 6.45) is 10.2. The first-order valence-electron chi connectivity index (χ1n) is 22.1. The molecule has 0 saturated carbocycles. The third kappa shape index (κ3) is 11.5. The number of aryl methyl sites for hydroxylation is 2. The lowest BCUT2D eigenvalue weighted by Gasteiger charge is -2.14. The highest BCUT2D eigenvalue weighted by Gasteiger charge is 2.13.